The topological polar surface area (TPSA) is 374 Å². The Balaban J connectivity index is 0.584. The second-order valence-electron chi connectivity index (χ2n) is 31.6. The zero-order valence-corrected chi connectivity index (χ0v) is 68.2. The highest BCUT2D eigenvalue weighted by atomic mass is 19.1. The molecule has 31 heteroatoms. The van der Waals surface area contributed by atoms with E-state index in [1.807, 2.05) is 60.1 Å². The number of ketones is 3. The molecule has 4 aliphatic carbocycles. The maximum atomic E-state index is 18.0. The van der Waals surface area contributed by atoms with E-state index in [4.69, 9.17) is 53.1 Å². The number of aromatic nitrogens is 3. The Kier molecular flexibility index (Phi) is 33.6. The van der Waals surface area contributed by atoms with E-state index in [0.717, 1.165) is 47.9 Å². The van der Waals surface area contributed by atoms with E-state index < -0.39 is 106 Å². The van der Waals surface area contributed by atoms with Crippen LogP contribution in [0.5, 0.6) is 0 Å². The molecule has 7 N–H and O–H groups in total. The number of nitrogens with two attached hydrogens (primary N) is 1. The first-order valence-corrected chi connectivity index (χ1v) is 41.3. The zero-order chi connectivity index (χ0) is 83.7. The van der Waals surface area contributed by atoms with Gasteiger partial charge in [-0.3, -0.25) is 38.4 Å². The van der Waals surface area contributed by atoms with Crippen LogP contribution in [0.4, 0.5) is 25.0 Å². The number of nitrogens with one attached hydrogen (secondary N) is 4. The number of rotatable bonds is 49. The first kappa shape index (κ1) is 90.7. The average Bonchev–Trinajstić information content (AvgIpc) is 1.54. The quantitative estimate of drug-likeness (QED) is 0.0177. The monoisotopic (exact) mass is 1630 g/mol. The number of allylic oxidation sites excluding steroid dienone is 4. The van der Waals surface area contributed by atoms with Crippen LogP contribution in [0.15, 0.2) is 96.6 Å². The normalized spacial score (nSPS) is 23.9. The van der Waals surface area contributed by atoms with Crippen molar-refractivity contribution in [2.75, 3.05) is 116 Å². The molecule has 6 aliphatic rings. The molecule has 640 valence electrons. The van der Waals surface area contributed by atoms with Crippen molar-refractivity contribution in [3.63, 3.8) is 0 Å². The summed E-state index contributed by atoms with van der Waals surface area (Å²) in [6.07, 6.45) is 1.05. The molecule has 0 radical (unpaired) electrons. The fourth-order valence-electron chi connectivity index (χ4n) is 17.3. The Labute approximate surface area is 682 Å². The summed E-state index contributed by atoms with van der Waals surface area (Å²) in [5, 5.41) is 32.1. The summed E-state index contributed by atoms with van der Waals surface area (Å²) < 4.78 is 94.3. The molecule has 3 heterocycles. The fraction of sp³-hybridized carbons (Fsp3) is 0.616. The summed E-state index contributed by atoms with van der Waals surface area (Å²) >= 11 is 0. The molecular weight excluding hydrogens is 1520 g/mol. The summed E-state index contributed by atoms with van der Waals surface area (Å²) in [5.74, 6) is -6.38. The number of aliphatic hydroxyl groups is 1. The van der Waals surface area contributed by atoms with Crippen molar-refractivity contribution in [1.82, 2.24) is 30.9 Å². The van der Waals surface area contributed by atoms with Crippen molar-refractivity contribution in [3.05, 3.63) is 108 Å². The number of ether oxygens (including phenoxy) is 10. The van der Waals surface area contributed by atoms with Crippen molar-refractivity contribution in [3.8, 4) is 22.5 Å². The number of fused-ring (bicyclic) bond motifs is 12. The van der Waals surface area contributed by atoms with E-state index in [-0.39, 0.29) is 172 Å². The molecule has 6 amide bonds. The number of urea groups is 1. The number of hydrogen-bond donors (Lipinski definition) is 6. The number of halogens is 2. The Bertz CT molecular complexity index is 4110. The molecule has 0 spiro atoms. The minimum atomic E-state index is -2.37. The highest BCUT2D eigenvalue weighted by Crippen LogP contribution is 2.72. The van der Waals surface area contributed by atoms with Gasteiger partial charge in [-0.2, -0.15) is 0 Å². The number of aliphatic hydroxyl groups excluding tert-OH is 1. The number of carbonyl (C=O) groups is 9. The number of benzene rings is 3. The number of amides is 6. The van der Waals surface area contributed by atoms with E-state index in [9.17, 15) is 48.3 Å². The lowest BCUT2D eigenvalue weighted by Crippen LogP contribution is -2.70. The highest BCUT2D eigenvalue weighted by molar-refractivity contribution is 6.03. The lowest BCUT2D eigenvalue weighted by Gasteiger charge is -2.63. The standard InChI is InChI=1S/C86H117F2N9O20/c1-7-9-35-108-39-43-112-46-42-111-38-34-97-80-63-19-12-13-20-68(63)96(54-59-16-10-11-18-62(59)79(80)94-95-97)75(104)27-26-73(102)90-33-37-110-41-45-114-48-47-113-44-40-109-36-30-74(103)93-78(56(3)4)69(99)49-58(17-14-32-91-82(89)107)81(106)92-60-23-21-57(22-24-60)55-115-76(105)28-25-70(100)86-72(116-77(117-86)15-8-2)52-64-65-51-67(87)66-50-61(98)29-31-83(66,5)85(65,88)71(101)53-84(64,86)6/h10-13,16,18-24,29,31,50,56,58,64-65,67,71-72,77-78,101H,7-9,14-15,17,25-28,30,32-49,51-55H2,1-6H3,(H,90,102)(H,92,106)(H,93,103)(H3,89,91,107)/t58-,64+,65+,67+,71+,72-,77?,78+,83+,84+,85+,86-/m1/s1. The van der Waals surface area contributed by atoms with Gasteiger partial charge in [0.2, 0.25) is 23.6 Å². The largest absolute Gasteiger partial charge is 0.461 e. The van der Waals surface area contributed by atoms with E-state index in [1.165, 1.54) is 19.1 Å². The smallest absolute Gasteiger partial charge is 0.312 e. The minimum Gasteiger partial charge on any atom is -0.461 e. The van der Waals surface area contributed by atoms with Crippen molar-refractivity contribution < 1.29 is 104 Å². The number of para-hydroxylation sites is 1. The van der Waals surface area contributed by atoms with Crippen LogP contribution in [0.3, 0.4) is 0 Å². The van der Waals surface area contributed by atoms with E-state index >= 15 is 8.78 Å². The fourth-order valence-corrected chi connectivity index (χ4v) is 17.3. The first-order valence-electron chi connectivity index (χ1n) is 41.3. The predicted molar refractivity (Wildman–Crippen MR) is 427 cm³/mol. The maximum Gasteiger partial charge on any atom is 0.312 e. The highest BCUT2D eigenvalue weighted by Gasteiger charge is 2.80. The number of nitrogens with zero attached hydrogens (tertiary/aromatic N) is 4. The SMILES string of the molecule is CCCCOCCOCCOCCn1nnc2c1-c1ccccc1N(C(=O)CCC(=O)NCCOCCOCCOCCOCCC(=O)N[C@H](C(=O)C[C@@H](CCCNC(N)=O)C(=O)Nc1ccc(COC(=O)CCC(=O)[C@@]34OC(CCC)O[C@@H]3C[C@H]3[C@@H]5C[C@H](F)C6=CC(=O)C=C[C@]6(C)[C@@]5(F)[C@@H](O)C[C@@]34C)cc1)C(C)C)Cc1ccccc1-2. The number of anilines is 2. The van der Waals surface area contributed by atoms with Gasteiger partial charge in [0.25, 0.3) is 0 Å². The molecule has 4 fully saturated rings. The van der Waals surface area contributed by atoms with Crippen molar-refractivity contribution in [2.45, 2.75) is 200 Å². The molecule has 3 aromatic carbocycles. The second-order valence-corrected chi connectivity index (χ2v) is 31.6. The maximum absolute atomic E-state index is 18.0. The Morgan fingerprint density at radius 2 is 1.38 bits per heavy atom. The van der Waals surface area contributed by atoms with Gasteiger partial charge in [-0.05, 0) is 111 Å². The molecule has 117 heavy (non-hydrogen) atoms. The molecule has 4 aromatic rings. The molecule has 2 aliphatic heterocycles. The molecule has 10 rings (SSSR count). The number of carbonyl (C=O) groups excluding carboxylic acids is 9. The number of hydrogen-bond acceptors (Lipinski definition) is 22. The van der Waals surface area contributed by atoms with Crippen LogP contribution in [-0.4, -0.2) is 221 Å². The molecular formula is C86H117F2N9O20. The molecule has 29 nitrogen and oxygen atoms in total. The van der Waals surface area contributed by atoms with E-state index in [0.29, 0.717) is 81.5 Å². The third-order valence-corrected chi connectivity index (χ3v) is 23.4. The van der Waals surface area contributed by atoms with Gasteiger partial charge >= 0.3 is 12.0 Å². The number of primary amides is 1. The molecule has 1 saturated heterocycles. The van der Waals surface area contributed by atoms with Gasteiger partial charge in [0.15, 0.2) is 34.9 Å². The average molecular weight is 1630 g/mol. The van der Waals surface area contributed by atoms with Crippen LogP contribution in [0.2, 0.25) is 0 Å². The Hall–Kier alpha value is -8.63. The number of esters is 1. The third-order valence-electron chi connectivity index (χ3n) is 23.4. The van der Waals surface area contributed by atoms with Crippen LogP contribution in [0.25, 0.3) is 22.5 Å². The minimum absolute atomic E-state index is 0.00908. The lowest BCUT2D eigenvalue weighted by atomic mass is 9.44. The van der Waals surface area contributed by atoms with Crippen LogP contribution in [0.1, 0.15) is 149 Å². The predicted octanol–water partition coefficient (Wildman–Crippen LogP) is 9.07. The van der Waals surface area contributed by atoms with Gasteiger partial charge < -0.3 is 84.4 Å². The Morgan fingerprint density at radius 3 is 2.06 bits per heavy atom. The van der Waals surface area contributed by atoms with Crippen molar-refractivity contribution in [2.24, 2.45) is 40.2 Å². The summed E-state index contributed by atoms with van der Waals surface area (Å²) in [6.45, 7) is 16.6. The van der Waals surface area contributed by atoms with Crippen LogP contribution < -0.4 is 31.9 Å². The first-order chi connectivity index (χ1) is 56.4. The van der Waals surface area contributed by atoms with E-state index in [1.54, 1.807) is 49.9 Å². The van der Waals surface area contributed by atoms with Gasteiger partial charge in [-0.15, -0.1) is 5.10 Å². The Morgan fingerprint density at radius 1 is 0.718 bits per heavy atom. The number of unbranched alkanes of at least 4 members (excludes halogenated alkanes) is 1. The molecule has 3 saturated carbocycles. The van der Waals surface area contributed by atoms with Gasteiger partial charge in [0, 0.05) is 91.3 Å². The van der Waals surface area contributed by atoms with Gasteiger partial charge in [-0.25, -0.2) is 18.3 Å². The van der Waals surface area contributed by atoms with Gasteiger partial charge in [0.05, 0.1) is 135 Å². The number of alkyl halides is 2. The second kappa shape index (κ2) is 43.4. The third kappa shape index (κ3) is 22.5. The summed E-state index contributed by atoms with van der Waals surface area (Å²) in [7, 11) is 0. The van der Waals surface area contributed by atoms with E-state index in [2.05, 4.69) is 38.5 Å². The molecule has 1 unspecified atom stereocenters. The van der Waals surface area contributed by atoms with Crippen molar-refractivity contribution >= 4 is 64.4 Å². The van der Waals surface area contributed by atoms with Crippen molar-refractivity contribution in [1.29, 1.82) is 0 Å². The summed E-state index contributed by atoms with van der Waals surface area (Å²) in [4.78, 5) is 122. The van der Waals surface area contributed by atoms with Gasteiger partial charge in [0.1, 0.15) is 18.5 Å². The number of Topliss-reactive ketones (excluding diaryl/α,β-unsaturated/α-hetero) is 2. The van der Waals surface area contributed by atoms with Gasteiger partial charge in [-0.1, -0.05) is 113 Å². The lowest BCUT2D eigenvalue weighted by molar-refractivity contribution is -0.234. The zero-order valence-electron chi connectivity index (χ0n) is 68.2. The summed E-state index contributed by atoms with van der Waals surface area (Å²) in [6, 6.07) is 20.2. The summed E-state index contributed by atoms with van der Waals surface area (Å²) in [5.41, 5.74) is 3.98. The van der Waals surface area contributed by atoms with Crippen LogP contribution in [0, 0.1) is 34.5 Å². The van der Waals surface area contributed by atoms with Crippen LogP contribution >= 0.6 is 0 Å². The molecule has 12 atom stereocenters. The molecule has 0 bridgehead atoms. The van der Waals surface area contributed by atoms with Crippen LogP contribution in [-0.2, 0) is 105 Å². The molecule has 1 aromatic heterocycles.